The Morgan fingerprint density at radius 1 is 1.10 bits per heavy atom. The second-order valence-electron chi connectivity index (χ2n) is 6.55. The molecule has 0 aromatic heterocycles. The number of fused-ring (bicyclic) bond motifs is 1. The van der Waals surface area contributed by atoms with Crippen LogP contribution in [0.1, 0.15) is 39.1 Å². The van der Waals surface area contributed by atoms with E-state index >= 15 is 0 Å². The van der Waals surface area contributed by atoms with Crippen LogP contribution in [0.2, 0.25) is 0 Å². The normalized spacial score (nSPS) is 13.0. The van der Waals surface area contributed by atoms with E-state index in [4.69, 9.17) is 0 Å². The standard InChI is InChI=1S/C21H20BrFN2O3S/c22-15-7-8-16-17(12-15)21(28)25(20(16)27)10-3-6-19(26)24-9-11-29-13-14-4-1-2-5-18(14)23/h1-2,4-5,7-8,12H,3,6,9-11,13H2,(H,24,26). The minimum atomic E-state index is -0.323. The number of imide groups is 1. The first-order valence-electron chi connectivity index (χ1n) is 9.21. The Hall–Kier alpha value is -2.19. The Kier molecular flexibility index (Phi) is 7.44. The molecule has 8 heteroatoms. The number of carbonyl (C=O) groups is 3. The highest BCUT2D eigenvalue weighted by Gasteiger charge is 2.35. The van der Waals surface area contributed by atoms with Crippen LogP contribution >= 0.6 is 27.7 Å². The molecule has 0 atom stereocenters. The van der Waals surface area contributed by atoms with Crippen molar-refractivity contribution in [3.05, 3.63) is 69.4 Å². The van der Waals surface area contributed by atoms with E-state index in [1.807, 2.05) is 0 Å². The predicted molar refractivity (Wildman–Crippen MR) is 114 cm³/mol. The first kappa shape index (κ1) is 21.5. The highest BCUT2D eigenvalue weighted by atomic mass is 79.9. The molecule has 0 radical (unpaired) electrons. The van der Waals surface area contributed by atoms with Crippen LogP contribution in [-0.4, -0.2) is 41.5 Å². The first-order chi connectivity index (χ1) is 14.0. The van der Waals surface area contributed by atoms with Gasteiger partial charge in [0.25, 0.3) is 11.8 Å². The van der Waals surface area contributed by atoms with Gasteiger partial charge < -0.3 is 5.32 Å². The van der Waals surface area contributed by atoms with E-state index in [-0.39, 0.29) is 36.5 Å². The highest BCUT2D eigenvalue weighted by molar-refractivity contribution is 9.10. The SMILES string of the molecule is O=C(CCCN1C(=O)c2ccc(Br)cc2C1=O)NCCSCc1ccccc1F. The maximum atomic E-state index is 13.5. The number of thioether (sulfide) groups is 1. The van der Waals surface area contributed by atoms with Gasteiger partial charge in [-0.05, 0) is 36.2 Å². The fraction of sp³-hybridized carbons (Fsp3) is 0.286. The summed E-state index contributed by atoms with van der Waals surface area (Å²) in [5, 5.41) is 2.81. The summed E-state index contributed by atoms with van der Waals surface area (Å²) >= 11 is 4.85. The highest BCUT2D eigenvalue weighted by Crippen LogP contribution is 2.26. The average molecular weight is 479 g/mol. The zero-order valence-electron chi connectivity index (χ0n) is 15.6. The Morgan fingerprint density at radius 3 is 2.66 bits per heavy atom. The third-order valence-corrected chi connectivity index (χ3v) is 6.00. The van der Waals surface area contributed by atoms with Crippen LogP contribution in [0.5, 0.6) is 0 Å². The molecule has 0 unspecified atom stereocenters. The van der Waals surface area contributed by atoms with Crippen LogP contribution in [0.25, 0.3) is 0 Å². The second kappa shape index (κ2) is 10.0. The molecular formula is C21H20BrFN2O3S. The fourth-order valence-corrected chi connectivity index (χ4v) is 4.22. The smallest absolute Gasteiger partial charge is 0.261 e. The van der Waals surface area contributed by atoms with Crippen LogP contribution in [0, 0.1) is 5.82 Å². The summed E-state index contributed by atoms with van der Waals surface area (Å²) in [7, 11) is 0. The maximum Gasteiger partial charge on any atom is 0.261 e. The molecule has 1 aliphatic rings. The van der Waals surface area contributed by atoms with E-state index in [1.54, 1.807) is 48.2 Å². The average Bonchev–Trinajstić information content (AvgIpc) is 2.93. The van der Waals surface area contributed by atoms with Gasteiger partial charge in [0, 0.05) is 35.5 Å². The summed E-state index contributed by atoms with van der Waals surface area (Å²) in [4.78, 5) is 37.9. The van der Waals surface area contributed by atoms with Crippen molar-refractivity contribution < 1.29 is 18.8 Å². The van der Waals surface area contributed by atoms with Gasteiger partial charge in [0.2, 0.25) is 5.91 Å². The molecule has 0 fully saturated rings. The van der Waals surface area contributed by atoms with Crippen LogP contribution in [-0.2, 0) is 10.5 Å². The predicted octanol–water partition coefficient (Wildman–Crippen LogP) is 4.01. The molecule has 1 heterocycles. The Bertz CT molecular complexity index is 938. The number of hydrogen-bond acceptors (Lipinski definition) is 4. The molecule has 1 aliphatic heterocycles. The van der Waals surface area contributed by atoms with Gasteiger partial charge in [-0.25, -0.2) is 4.39 Å². The molecule has 29 heavy (non-hydrogen) atoms. The zero-order chi connectivity index (χ0) is 20.8. The monoisotopic (exact) mass is 478 g/mol. The molecule has 0 saturated heterocycles. The molecule has 5 nitrogen and oxygen atoms in total. The van der Waals surface area contributed by atoms with Crippen molar-refractivity contribution in [3.63, 3.8) is 0 Å². The lowest BCUT2D eigenvalue weighted by atomic mass is 10.1. The van der Waals surface area contributed by atoms with Crippen molar-refractivity contribution >= 4 is 45.4 Å². The molecule has 152 valence electrons. The Morgan fingerprint density at radius 2 is 1.86 bits per heavy atom. The number of nitrogens with one attached hydrogen (secondary N) is 1. The summed E-state index contributed by atoms with van der Waals surface area (Å²) < 4.78 is 14.3. The van der Waals surface area contributed by atoms with Gasteiger partial charge in [0.1, 0.15) is 5.82 Å². The Balaban J connectivity index is 1.34. The second-order valence-corrected chi connectivity index (χ2v) is 8.57. The molecule has 0 saturated carbocycles. The van der Waals surface area contributed by atoms with Crippen molar-refractivity contribution in [2.45, 2.75) is 18.6 Å². The number of amides is 3. The largest absolute Gasteiger partial charge is 0.355 e. The fourth-order valence-electron chi connectivity index (χ4n) is 3.01. The lowest BCUT2D eigenvalue weighted by Crippen LogP contribution is -2.32. The summed E-state index contributed by atoms with van der Waals surface area (Å²) in [6.45, 7) is 0.693. The molecule has 1 N–H and O–H groups in total. The Labute approximate surface area is 181 Å². The minimum Gasteiger partial charge on any atom is -0.355 e. The summed E-state index contributed by atoms with van der Waals surface area (Å²) in [5.41, 5.74) is 1.44. The van der Waals surface area contributed by atoms with Gasteiger partial charge in [-0.15, -0.1) is 0 Å². The molecule has 2 aromatic rings. The van der Waals surface area contributed by atoms with Gasteiger partial charge >= 0.3 is 0 Å². The summed E-state index contributed by atoms with van der Waals surface area (Å²) in [6, 6.07) is 11.6. The van der Waals surface area contributed by atoms with Crippen LogP contribution in [0.4, 0.5) is 4.39 Å². The number of halogens is 2. The van der Waals surface area contributed by atoms with Gasteiger partial charge in [-0.3, -0.25) is 19.3 Å². The molecule has 3 amide bonds. The van der Waals surface area contributed by atoms with E-state index in [0.29, 0.717) is 41.2 Å². The number of nitrogens with zero attached hydrogens (tertiary/aromatic N) is 1. The molecular weight excluding hydrogens is 459 g/mol. The maximum absolute atomic E-state index is 13.5. The van der Waals surface area contributed by atoms with E-state index in [1.165, 1.54) is 11.0 Å². The van der Waals surface area contributed by atoms with Crippen molar-refractivity contribution in [1.82, 2.24) is 10.2 Å². The molecule has 0 aliphatic carbocycles. The summed E-state index contributed by atoms with van der Waals surface area (Å²) in [5.74, 6) is 0.241. The van der Waals surface area contributed by atoms with Crippen LogP contribution in [0.15, 0.2) is 46.9 Å². The zero-order valence-corrected chi connectivity index (χ0v) is 18.0. The van der Waals surface area contributed by atoms with E-state index < -0.39 is 0 Å². The lowest BCUT2D eigenvalue weighted by molar-refractivity contribution is -0.121. The molecule has 2 aromatic carbocycles. The van der Waals surface area contributed by atoms with E-state index in [2.05, 4.69) is 21.2 Å². The molecule has 0 bridgehead atoms. The van der Waals surface area contributed by atoms with Crippen LogP contribution in [0.3, 0.4) is 0 Å². The van der Waals surface area contributed by atoms with Crippen LogP contribution < -0.4 is 5.32 Å². The third-order valence-electron chi connectivity index (χ3n) is 4.50. The number of hydrogen-bond donors (Lipinski definition) is 1. The quantitative estimate of drug-likeness (QED) is 0.436. The van der Waals surface area contributed by atoms with Gasteiger partial charge in [-0.2, -0.15) is 11.8 Å². The molecule has 0 spiro atoms. The van der Waals surface area contributed by atoms with Gasteiger partial charge in [-0.1, -0.05) is 34.1 Å². The topological polar surface area (TPSA) is 66.5 Å². The van der Waals surface area contributed by atoms with Gasteiger partial charge in [0.15, 0.2) is 0 Å². The van der Waals surface area contributed by atoms with Crippen molar-refractivity contribution in [1.29, 1.82) is 0 Å². The van der Waals surface area contributed by atoms with E-state index in [9.17, 15) is 18.8 Å². The molecule has 3 rings (SSSR count). The lowest BCUT2D eigenvalue weighted by Gasteiger charge is -2.13. The third kappa shape index (κ3) is 5.45. The minimum absolute atomic E-state index is 0.129. The van der Waals surface area contributed by atoms with Crippen molar-refractivity contribution in [2.24, 2.45) is 0 Å². The number of carbonyl (C=O) groups excluding carboxylic acids is 3. The summed E-state index contributed by atoms with van der Waals surface area (Å²) in [6.07, 6.45) is 0.635. The van der Waals surface area contributed by atoms with Gasteiger partial charge in [0.05, 0.1) is 11.1 Å². The first-order valence-corrected chi connectivity index (χ1v) is 11.2. The van der Waals surface area contributed by atoms with Crippen molar-refractivity contribution in [2.75, 3.05) is 18.8 Å². The van der Waals surface area contributed by atoms with Crippen molar-refractivity contribution in [3.8, 4) is 0 Å². The number of rotatable bonds is 9. The van der Waals surface area contributed by atoms with E-state index in [0.717, 1.165) is 4.47 Å². The number of benzene rings is 2.